The number of ether oxygens (including phenoxy) is 1. The number of hydrogen-bond donors (Lipinski definition) is 3. The van der Waals surface area contributed by atoms with Crippen molar-refractivity contribution >= 4 is 28.4 Å². The highest BCUT2D eigenvalue weighted by atomic mass is 35.5. The third-order valence-electron chi connectivity index (χ3n) is 5.67. The van der Waals surface area contributed by atoms with Gasteiger partial charge in [-0.1, -0.05) is 11.6 Å². The fourth-order valence-electron chi connectivity index (χ4n) is 3.89. The van der Waals surface area contributed by atoms with Crippen LogP contribution in [0.15, 0.2) is 35.3 Å². The summed E-state index contributed by atoms with van der Waals surface area (Å²) < 4.78 is 18.9. The lowest BCUT2D eigenvalue weighted by Crippen LogP contribution is -2.37. The maximum Gasteiger partial charge on any atom is 0.258 e. The van der Waals surface area contributed by atoms with Crippen LogP contribution in [0.1, 0.15) is 17.9 Å². The number of likely N-dealkylation sites (tertiary alicyclic amines) is 1. The Balaban J connectivity index is 1.37. The van der Waals surface area contributed by atoms with Crippen LogP contribution >= 0.6 is 11.6 Å². The van der Waals surface area contributed by atoms with Gasteiger partial charge in [0.2, 0.25) is 5.91 Å². The molecule has 3 heterocycles. The van der Waals surface area contributed by atoms with Crippen LogP contribution in [-0.4, -0.2) is 59.0 Å². The van der Waals surface area contributed by atoms with Crippen LogP contribution in [0.4, 0.5) is 4.39 Å². The number of nitrogens with one attached hydrogen (secondary N) is 3. The van der Waals surface area contributed by atoms with E-state index in [0.717, 1.165) is 19.5 Å². The summed E-state index contributed by atoms with van der Waals surface area (Å²) in [5.41, 5.74) is 0.632. The number of nitrogens with zero attached hydrogens (tertiary/aromatic N) is 3. The Hall–Kier alpha value is -3.08. The highest BCUT2D eigenvalue weighted by Crippen LogP contribution is 2.21. The van der Waals surface area contributed by atoms with Crippen LogP contribution < -0.4 is 20.9 Å². The van der Waals surface area contributed by atoms with E-state index in [1.807, 2.05) is 0 Å². The predicted molar refractivity (Wildman–Crippen MR) is 126 cm³/mol. The summed E-state index contributed by atoms with van der Waals surface area (Å²) in [6.07, 6.45) is 2.62. The first-order chi connectivity index (χ1) is 16.4. The number of carbonyl (C=O) groups excluding carboxylic acids is 1. The summed E-state index contributed by atoms with van der Waals surface area (Å²) in [6, 6.07) is 5.57. The summed E-state index contributed by atoms with van der Waals surface area (Å²) in [5.74, 6) is 0.474. The molecule has 34 heavy (non-hydrogen) atoms. The lowest BCUT2D eigenvalue weighted by Gasteiger charge is -2.12. The summed E-state index contributed by atoms with van der Waals surface area (Å²) >= 11 is 5.77. The molecule has 0 saturated carbocycles. The lowest BCUT2D eigenvalue weighted by molar-refractivity contribution is -0.120. The molecule has 9 nitrogen and oxygen atoms in total. The van der Waals surface area contributed by atoms with Gasteiger partial charge in [0.1, 0.15) is 29.5 Å². The van der Waals surface area contributed by atoms with Crippen molar-refractivity contribution in [2.75, 3.05) is 33.2 Å². The Bertz CT molecular complexity index is 1240. The number of aromatic nitrogens is 3. The van der Waals surface area contributed by atoms with Gasteiger partial charge in [-0.3, -0.25) is 14.6 Å². The number of rotatable bonds is 9. The maximum atomic E-state index is 13.3. The van der Waals surface area contributed by atoms with Crippen molar-refractivity contribution in [3.63, 3.8) is 0 Å². The average Bonchev–Trinajstić information content (AvgIpc) is 3.24. The third kappa shape index (κ3) is 6.07. The first-order valence-electron chi connectivity index (χ1n) is 11.0. The molecule has 1 atom stereocenters. The Kier molecular flexibility index (Phi) is 7.71. The Morgan fingerprint density at radius 1 is 1.38 bits per heavy atom. The second kappa shape index (κ2) is 10.9. The van der Waals surface area contributed by atoms with Crippen molar-refractivity contribution in [2.45, 2.75) is 19.6 Å². The molecule has 1 aliphatic heterocycles. The zero-order valence-corrected chi connectivity index (χ0v) is 19.5. The van der Waals surface area contributed by atoms with Crippen molar-refractivity contribution in [1.29, 1.82) is 0 Å². The summed E-state index contributed by atoms with van der Waals surface area (Å²) in [5, 5.41) is 6.35. The van der Waals surface area contributed by atoms with Crippen LogP contribution in [0.5, 0.6) is 5.75 Å². The minimum atomic E-state index is -0.547. The molecule has 0 spiro atoms. The highest BCUT2D eigenvalue weighted by Gasteiger charge is 2.19. The van der Waals surface area contributed by atoms with Gasteiger partial charge in [0.25, 0.3) is 5.56 Å². The number of pyridine rings is 1. The largest absolute Gasteiger partial charge is 0.486 e. The molecule has 4 rings (SSSR count). The highest BCUT2D eigenvalue weighted by molar-refractivity contribution is 6.30. The molecule has 11 heteroatoms. The third-order valence-corrected chi connectivity index (χ3v) is 5.96. The van der Waals surface area contributed by atoms with Gasteiger partial charge in [0, 0.05) is 31.9 Å². The van der Waals surface area contributed by atoms with E-state index in [1.54, 1.807) is 6.07 Å². The zero-order valence-electron chi connectivity index (χ0n) is 18.7. The van der Waals surface area contributed by atoms with Gasteiger partial charge in [-0.05, 0) is 44.1 Å². The first kappa shape index (κ1) is 24.1. The van der Waals surface area contributed by atoms with Crippen molar-refractivity contribution in [2.24, 2.45) is 5.92 Å². The van der Waals surface area contributed by atoms with Gasteiger partial charge in [-0.25, -0.2) is 9.37 Å². The van der Waals surface area contributed by atoms with Crippen LogP contribution in [0.3, 0.4) is 0 Å². The molecular weight excluding hydrogens is 463 g/mol. The minimum absolute atomic E-state index is 0.0480. The second-order valence-electron chi connectivity index (χ2n) is 8.36. The van der Waals surface area contributed by atoms with Gasteiger partial charge in [0.15, 0.2) is 0 Å². The molecule has 1 fully saturated rings. The minimum Gasteiger partial charge on any atom is -0.486 e. The summed E-state index contributed by atoms with van der Waals surface area (Å²) in [4.78, 5) is 38.5. The van der Waals surface area contributed by atoms with E-state index in [-0.39, 0.29) is 42.0 Å². The van der Waals surface area contributed by atoms with E-state index in [0.29, 0.717) is 34.8 Å². The Morgan fingerprint density at radius 2 is 2.24 bits per heavy atom. The van der Waals surface area contributed by atoms with Gasteiger partial charge < -0.3 is 25.3 Å². The SMILES string of the molecule is CN1CCC(CNC(=O)CNCc2nccc3c(=O)[nH]c(COc4ccc(F)c(Cl)c4)nc23)C1. The van der Waals surface area contributed by atoms with Gasteiger partial charge in [0.05, 0.1) is 22.6 Å². The predicted octanol–water partition coefficient (Wildman–Crippen LogP) is 1.85. The van der Waals surface area contributed by atoms with Crippen molar-refractivity contribution in [3.05, 3.63) is 63.2 Å². The van der Waals surface area contributed by atoms with E-state index < -0.39 is 5.82 Å². The number of fused-ring (bicyclic) bond motifs is 1. The summed E-state index contributed by atoms with van der Waals surface area (Å²) in [6.45, 7) is 3.06. The molecular formula is C23H26ClFN6O3. The number of halogens is 2. The van der Waals surface area contributed by atoms with Gasteiger partial charge in [-0.15, -0.1) is 0 Å². The second-order valence-corrected chi connectivity index (χ2v) is 8.76. The molecule has 1 amide bonds. The smallest absolute Gasteiger partial charge is 0.258 e. The van der Waals surface area contributed by atoms with E-state index in [2.05, 4.69) is 37.5 Å². The molecule has 2 aromatic heterocycles. The zero-order chi connectivity index (χ0) is 24.1. The first-order valence-corrected chi connectivity index (χ1v) is 11.4. The number of hydrogen-bond acceptors (Lipinski definition) is 7. The molecule has 3 aromatic rings. The fraction of sp³-hybridized carbons (Fsp3) is 0.391. The van der Waals surface area contributed by atoms with E-state index in [9.17, 15) is 14.0 Å². The molecule has 1 aromatic carbocycles. The van der Waals surface area contributed by atoms with Crippen molar-refractivity contribution in [3.8, 4) is 5.75 Å². The van der Waals surface area contributed by atoms with Gasteiger partial charge >= 0.3 is 0 Å². The molecule has 3 N–H and O–H groups in total. The monoisotopic (exact) mass is 488 g/mol. The van der Waals surface area contributed by atoms with Crippen molar-refractivity contribution in [1.82, 2.24) is 30.5 Å². The normalized spacial score (nSPS) is 16.1. The molecule has 0 radical (unpaired) electrons. The van der Waals surface area contributed by atoms with E-state index in [4.69, 9.17) is 16.3 Å². The lowest BCUT2D eigenvalue weighted by atomic mass is 10.1. The Morgan fingerprint density at radius 3 is 3.00 bits per heavy atom. The van der Waals surface area contributed by atoms with Crippen LogP contribution in [0.25, 0.3) is 10.9 Å². The molecule has 180 valence electrons. The standard InChI is InChI=1S/C23H26ClFN6O3/c1-31-7-5-14(12-31)9-28-21(32)11-26-10-19-22-16(4-6-27-19)23(33)30-20(29-22)13-34-15-2-3-18(25)17(24)8-15/h2-4,6,8,14,26H,5,7,9-13H2,1H3,(H,28,32)(H,29,30,33). The quantitative estimate of drug-likeness (QED) is 0.421. The summed E-state index contributed by atoms with van der Waals surface area (Å²) in [7, 11) is 2.08. The van der Waals surface area contributed by atoms with Crippen LogP contribution in [0.2, 0.25) is 5.02 Å². The molecule has 1 saturated heterocycles. The number of amides is 1. The van der Waals surface area contributed by atoms with Crippen molar-refractivity contribution < 1.29 is 13.9 Å². The fourth-order valence-corrected chi connectivity index (χ4v) is 4.06. The number of benzene rings is 1. The maximum absolute atomic E-state index is 13.3. The molecule has 0 aliphatic carbocycles. The average molecular weight is 489 g/mol. The topological polar surface area (TPSA) is 112 Å². The van der Waals surface area contributed by atoms with Crippen LogP contribution in [-0.2, 0) is 17.9 Å². The Labute approximate surface area is 200 Å². The molecule has 1 unspecified atom stereocenters. The number of H-pyrrole nitrogens is 1. The molecule has 0 bridgehead atoms. The number of aromatic amines is 1. The number of carbonyl (C=O) groups is 1. The van der Waals surface area contributed by atoms with Gasteiger partial charge in [-0.2, -0.15) is 0 Å². The molecule has 1 aliphatic rings. The van der Waals surface area contributed by atoms with Crippen LogP contribution in [0, 0.1) is 11.7 Å². The van der Waals surface area contributed by atoms with E-state index in [1.165, 1.54) is 24.4 Å². The van der Waals surface area contributed by atoms with E-state index >= 15 is 0 Å².